The standard InChI is InChI=1S/C23H25N5O2S3/c1-4-28-20(14-31-23-25-18-7-5-6-8-19(18)33-23)26-27-22(28)32-15(2)21(29)24-13-16-9-11-17(30-3)12-10-16/h5-12,15H,4,13-14H2,1-3H3,(H,24,29). The van der Waals surface area contributed by atoms with Gasteiger partial charge in [0, 0.05) is 13.1 Å². The van der Waals surface area contributed by atoms with Crippen molar-refractivity contribution in [3.8, 4) is 5.75 Å². The fourth-order valence-electron chi connectivity index (χ4n) is 3.16. The minimum Gasteiger partial charge on any atom is -0.497 e. The van der Waals surface area contributed by atoms with Crippen LogP contribution in [0.15, 0.2) is 58.0 Å². The molecule has 2 aromatic heterocycles. The van der Waals surface area contributed by atoms with E-state index in [0.717, 1.165) is 38.7 Å². The monoisotopic (exact) mass is 499 g/mol. The van der Waals surface area contributed by atoms with Crippen LogP contribution in [0.3, 0.4) is 0 Å². The molecule has 33 heavy (non-hydrogen) atoms. The Morgan fingerprint density at radius 2 is 1.97 bits per heavy atom. The molecule has 1 N–H and O–H groups in total. The maximum atomic E-state index is 12.6. The molecular weight excluding hydrogens is 474 g/mol. The smallest absolute Gasteiger partial charge is 0.233 e. The molecule has 0 aliphatic rings. The summed E-state index contributed by atoms with van der Waals surface area (Å²) in [6.45, 7) is 5.16. The van der Waals surface area contributed by atoms with Crippen molar-refractivity contribution in [1.82, 2.24) is 25.1 Å². The molecule has 0 aliphatic carbocycles. The lowest BCUT2D eigenvalue weighted by atomic mass is 10.2. The Kier molecular flexibility index (Phi) is 7.89. The first-order valence-electron chi connectivity index (χ1n) is 10.5. The second kappa shape index (κ2) is 11.0. The lowest BCUT2D eigenvalue weighted by molar-refractivity contribution is -0.120. The molecule has 0 radical (unpaired) electrons. The topological polar surface area (TPSA) is 81.9 Å². The van der Waals surface area contributed by atoms with E-state index in [1.54, 1.807) is 30.2 Å². The largest absolute Gasteiger partial charge is 0.497 e. The summed E-state index contributed by atoms with van der Waals surface area (Å²) in [5.74, 6) is 2.33. The highest BCUT2D eigenvalue weighted by Crippen LogP contribution is 2.32. The highest BCUT2D eigenvalue weighted by molar-refractivity contribution is 8.00. The zero-order chi connectivity index (χ0) is 23.2. The molecule has 4 aromatic rings. The minimum absolute atomic E-state index is 0.0353. The van der Waals surface area contributed by atoms with E-state index in [2.05, 4.69) is 38.1 Å². The van der Waals surface area contributed by atoms with E-state index in [4.69, 9.17) is 4.74 Å². The lowest BCUT2D eigenvalue weighted by Gasteiger charge is -2.13. The number of hydrogen-bond donors (Lipinski definition) is 1. The Hall–Kier alpha value is -2.56. The van der Waals surface area contributed by atoms with Crippen LogP contribution in [0.2, 0.25) is 0 Å². The van der Waals surface area contributed by atoms with E-state index in [-0.39, 0.29) is 11.2 Å². The van der Waals surface area contributed by atoms with Crippen molar-refractivity contribution in [1.29, 1.82) is 0 Å². The Morgan fingerprint density at radius 3 is 2.70 bits per heavy atom. The molecule has 0 aliphatic heterocycles. The number of rotatable bonds is 10. The number of aromatic nitrogens is 4. The molecule has 10 heteroatoms. The molecular formula is C23H25N5O2S3. The molecule has 172 valence electrons. The summed E-state index contributed by atoms with van der Waals surface area (Å²) in [6, 6.07) is 15.8. The van der Waals surface area contributed by atoms with Gasteiger partial charge in [-0.25, -0.2) is 4.98 Å². The van der Waals surface area contributed by atoms with Gasteiger partial charge in [0.1, 0.15) is 11.6 Å². The molecule has 1 atom stereocenters. The van der Waals surface area contributed by atoms with Crippen molar-refractivity contribution < 1.29 is 9.53 Å². The van der Waals surface area contributed by atoms with E-state index in [0.29, 0.717) is 12.3 Å². The van der Waals surface area contributed by atoms with Crippen LogP contribution < -0.4 is 10.1 Å². The molecule has 0 bridgehead atoms. The third-order valence-corrected chi connectivity index (χ3v) is 8.24. The maximum absolute atomic E-state index is 12.6. The summed E-state index contributed by atoms with van der Waals surface area (Å²) in [7, 11) is 1.63. The number of fused-ring (bicyclic) bond motifs is 1. The summed E-state index contributed by atoms with van der Waals surface area (Å²) < 4.78 is 9.44. The number of para-hydroxylation sites is 1. The van der Waals surface area contributed by atoms with Crippen molar-refractivity contribution in [3.05, 3.63) is 59.9 Å². The normalized spacial score (nSPS) is 12.1. The van der Waals surface area contributed by atoms with Gasteiger partial charge in [0.05, 0.1) is 28.3 Å². The van der Waals surface area contributed by atoms with Crippen molar-refractivity contribution in [3.63, 3.8) is 0 Å². The number of nitrogens with zero attached hydrogens (tertiary/aromatic N) is 4. The van der Waals surface area contributed by atoms with Crippen LogP contribution in [0.25, 0.3) is 10.2 Å². The van der Waals surface area contributed by atoms with Crippen LogP contribution in [0, 0.1) is 0 Å². The van der Waals surface area contributed by atoms with Crippen molar-refractivity contribution in [2.24, 2.45) is 0 Å². The van der Waals surface area contributed by atoms with Gasteiger partial charge in [-0.2, -0.15) is 0 Å². The molecule has 4 rings (SSSR count). The number of carbonyl (C=O) groups excluding carboxylic acids is 1. The Morgan fingerprint density at radius 1 is 1.18 bits per heavy atom. The van der Waals surface area contributed by atoms with Crippen LogP contribution >= 0.6 is 34.9 Å². The fraction of sp³-hybridized carbons (Fsp3) is 0.304. The number of amides is 1. The van der Waals surface area contributed by atoms with Crippen molar-refractivity contribution in [2.45, 2.75) is 47.4 Å². The molecule has 2 heterocycles. The van der Waals surface area contributed by atoms with Gasteiger partial charge in [0.2, 0.25) is 5.91 Å². The van der Waals surface area contributed by atoms with E-state index in [1.807, 2.05) is 49.4 Å². The second-order valence-corrected chi connectivity index (χ2v) is 10.8. The van der Waals surface area contributed by atoms with Crippen molar-refractivity contribution in [2.75, 3.05) is 7.11 Å². The first-order valence-corrected chi connectivity index (χ1v) is 13.2. The van der Waals surface area contributed by atoms with Gasteiger partial charge in [0.25, 0.3) is 0 Å². The molecule has 0 fully saturated rings. The molecule has 0 saturated heterocycles. The summed E-state index contributed by atoms with van der Waals surface area (Å²) in [6.07, 6.45) is 0. The van der Waals surface area contributed by atoms with Gasteiger partial charge >= 0.3 is 0 Å². The fourth-order valence-corrected chi connectivity index (χ4v) is 6.12. The Bertz CT molecular complexity index is 1190. The van der Waals surface area contributed by atoms with Crippen LogP contribution in [0.1, 0.15) is 25.2 Å². The molecule has 2 aromatic carbocycles. The number of ether oxygens (including phenoxy) is 1. The number of thioether (sulfide) groups is 2. The first kappa shape index (κ1) is 23.6. The zero-order valence-corrected chi connectivity index (χ0v) is 21.1. The predicted molar refractivity (Wildman–Crippen MR) is 135 cm³/mol. The lowest BCUT2D eigenvalue weighted by Crippen LogP contribution is -2.30. The van der Waals surface area contributed by atoms with Gasteiger partial charge in [-0.15, -0.1) is 21.5 Å². The van der Waals surface area contributed by atoms with Crippen LogP contribution in [0.4, 0.5) is 0 Å². The zero-order valence-electron chi connectivity index (χ0n) is 18.6. The average molecular weight is 500 g/mol. The van der Waals surface area contributed by atoms with Crippen LogP contribution in [-0.2, 0) is 23.6 Å². The molecule has 1 unspecified atom stereocenters. The SMILES string of the molecule is CCn1c(CSc2nc3ccccc3s2)nnc1SC(C)C(=O)NCc1ccc(OC)cc1. The Balaban J connectivity index is 1.33. The number of thiazole rings is 1. The van der Waals surface area contributed by atoms with Gasteiger partial charge in [-0.1, -0.05) is 47.8 Å². The Labute approximate surface area is 205 Å². The first-order chi connectivity index (χ1) is 16.1. The van der Waals surface area contributed by atoms with Crippen molar-refractivity contribution >= 4 is 51.0 Å². The third kappa shape index (κ3) is 5.87. The number of benzene rings is 2. The number of nitrogens with one attached hydrogen (secondary N) is 1. The highest BCUT2D eigenvalue weighted by atomic mass is 32.2. The van der Waals surface area contributed by atoms with Gasteiger partial charge < -0.3 is 14.6 Å². The number of methoxy groups -OCH3 is 1. The highest BCUT2D eigenvalue weighted by Gasteiger charge is 2.20. The molecule has 1 amide bonds. The minimum atomic E-state index is -0.289. The number of hydrogen-bond acceptors (Lipinski definition) is 8. The third-order valence-electron chi connectivity index (χ3n) is 4.99. The average Bonchev–Trinajstić information content (AvgIpc) is 3.44. The summed E-state index contributed by atoms with van der Waals surface area (Å²) in [5.41, 5.74) is 2.04. The van der Waals surface area contributed by atoms with Gasteiger partial charge in [-0.3, -0.25) is 4.79 Å². The van der Waals surface area contributed by atoms with Gasteiger partial charge in [0.15, 0.2) is 9.50 Å². The quantitative estimate of drug-likeness (QED) is 0.307. The van der Waals surface area contributed by atoms with E-state index in [9.17, 15) is 4.79 Å². The predicted octanol–water partition coefficient (Wildman–Crippen LogP) is 5.01. The molecule has 7 nitrogen and oxygen atoms in total. The summed E-state index contributed by atoms with van der Waals surface area (Å²) in [4.78, 5) is 17.3. The molecule has 0 saturated carbocycles. The summed E-state index contributed by atoms with van der Waals surface area (Å²) >= 11 is 4.77. The van der Waals surface area contributed by atoms with Gasteiger partial charge in [-0.05, 0) is 43.7 Å². The van der Waals surface area contributed by atoms with E-state index < -0.39 is 0 Å². The van der Waals surface area contributed by atoms with Crippen LogP contribution in [-0.4, -0.2) is 38.0 Å². The van der Waals surface area contributed by atoms with E-state index >= 15 is 0 Å². The van der Waals surface area contributed by atoms with Crippen LogP contribution in [0.5, 0.6) is 5.75 Å². The summed E-state index contributed by atoms with van der Waals surface area (Å²) in [5, 5.41) is 12.2. The maximum Gasteiger partial charge on any atom is 0.233 e. The van der Waals surface area contributed by atoms with E-state index in [1.165, 1.54) is 16.5 Å². The number of carbonyl (C=O) groups is 1. The second-order valence-electron chi connectivity index (χ2n) is 7.21. The molecule has 0 spiro atoms.